The molecule has 0 bridgehead atoms. The third kappa shape index (κ3) is 4.30. The molecule has 1 aliphatic carbocycles. The summed E-state index contributed by atoms with van der Waals surface area (Å²) in [6.07, 6.45) is 5.47. The average Bonchev–Trinajstić information content (AvgIpc) is 2.47. The fourth-order valence-corrected chi connectivity index (χ4v) is 2.88. The maximum absolute atomic E-state index is 9.63. The summed E-state index contributed by atoms with van der Waals surface area (Å²) in [6, 6.07) is 7.23. The van der Waals surface area contributed by atoms with Crippen molar-refractivity contribution in [1.29, 1.82) is 0 Å². The molecule has 20 heavy (non-hydrogen) atoms. The van der Waals surface area contributed by atoms with Crippen molar-refractivity contribution in [2.24, 2.45) is 0 Å². The van der Waals surface area contributed by atoms with Crippen molar-refractivity contribution in [3.63, 3.8) is 0 Å². The summed E-state index contributed by atoms with van der Waals surface area (Å²) < 4.78 is 4.93. The molecule has 0 spiro atoms. The molecule has 0 aromatic heterocycles. The first-order chi connectivity index (χ1) is 9.70. The zero-order valence-corrected chi connectivity index (χ0v) is 12.7. The minimum Gasteiger partial charge on any atom is -0.391 e. The molecule has 2 atom stereocenters. The van der Waals surface area contributed by atoms with Crippen molar-refractivity contribution in [2.75, 3.05) is 20.3 Å². The molecule has 1 aromatic carbocycles. The maximum atomic E-state index is 9.63. The van der Waals surface area contributed by atoms with Crippen molar-refractivity contribution in [1.82, 2.24) is 5.32 Å². The van der Waals surface area contributed by atoms with Gasteiger partial charge in [-0.3, -0.25) is 0 Å². The van der Waals surface area contributed by atoms with Crippen LogP contribution in [-0.2, 0) is 17.6 Å². The van der Waals surface area contributed by atoms with E-state index in [1.165, 1.54) is 42.4 Å². The lowest BCUT2D eigenvalue weighted by Gasteiger charge is -2.20. The second-order valence-corrected chi connectivity index (χ2v) is 5.81. The van der Waals surface area contributed by atoms with Crippen LogP contribution in [0.1, 0.15) is 48.9 Å². The second-order valence-electron chi connectivity index (χ2n) is 5.81. The zero-order valence-electron chi connectivity index (χ0n) is 12.7. The van der Waals surface area contributed by atoms with Gasteiger partial charge in [0.25, 0.3) is 0 Å². The smallest absolute Gasteiger partial charge is 0.0785 e. The molecule has 3 heteroatoms. The lowest BCUT2D eigenvalue weighted by Crippen LogP contribution is -2.25. The maximum Gasteiger partial charge on any atom is 0.0785 e. The van der Waals surface area contributed by atoms with Gasteiger partial charge < -0.3 is 15.2 Å². The molecule has 1 aromatic rings. The van der Waals surface area contributed by atoms with E-state index in [0.717, 1.165) is 13.0 Å². The quantitative estimate of drug-likeness (QED) is 0.805. The number of aliphatic hydroxyl groups is 1. The van der Waals surface area contributed by atoms with Crippen LogP contribution in [-0.4, -0.2) is 31.5 Å². The Hall–Kier alpha value is -0.900. The molecule has 0 saturated carbocycles. The van der Waals surface area contributed by atoms with Crippen LogP contribution < -0.4 is 5.32 Å². The number of aliphatic hydroxyl groups excluding tert-OH is 1. The summed E-state index contributed by atoms with van der Waals surface area (Å²) in [5.74, 6) is 0. The van der Waals surface area contributed by atoms with Gasteiger partial charge in [-0.05, 0) is 62.3 Å². The van der Waals surface area contributed by atoms with Gasteiger partial charge in [0.2, 0.25) is 0 Å². The Morgan fingerprint density at radius 1 is 1.25 bits per heavy atom. The normalized spacial score (nSPS) is 17.6. The van der Waals surface area contributed by atoms with Gasteiger partial charge in [-0.2, -0.15) is 0 Å². The molecule has 112 valence electrons. The number of hydrogen-bond donors (Lipinski definition) is 2. The monoisotopic (exact) mass is 277 g/mol. The summed E-state index contributed by atoms with van der Waals surface area (Å²) >= 11 is 0. The molecule has 0 saturated heterocycles. The van der Waals surface area contributed by atoms with Crippen molar-refractivity contribution < 1.29 is 9.84 Å². The van der Waals surface area contributed by atoms with Gasteiger partial charge >= 0.3 is 0 Å². The summed E-state index contributed by atoms with van der Waals surface area (Å²) in [5.41, 5.74) is 4.41. The lowest BCUT2D eigenvalue weighted by molar-refractivity contribution is 0.0590. The van der Waals surface area contributed by atoms with E-state index in [-0.39, 0.29) is 6.10 Å². The fraction of sp³-hybridized carbons (Fsp3) is 0.647. The van der Waals surface area contributed by atoms with Crippen LogP contribution in [0.2, 0.25) is 0 Å². The molecule has 3 nitrogen and oxygen atoms in total. The molecule has 0 radical (unpaired) electrons. The van der Waals surface area contributed by atoms with Crippen molar-refractivity contribution in [3.8, 4) is 0 Å². The number of nitrogens with one attached hydrogen (secondary N) is 1. The Bertz CT molecular complexity index is 419. The number of ether oxygens (including phenoxy) is 1. The highest BCUT2D eigenvalue weighted by atomic mass is 16.5. The van der Waals surface area contributed by atoms with Gasteiger partial charge in [-0.1, -0.05) is 18.2 Å². The van der Waals surface area contributed by atoms with E-state index in [1.54, 1.807) is 7.11 Å². The number of methoxy groups -OCH3 is 1. The van der Waals surface area contributed by atoms with Crippen molar-refractivity contribution >= 4 is 0 Å². The van der Waals surface area contributed by atoms with Crippen molar-refractivity contribution in [2.45, 2.75) is 51.2 Å². The fourth-order valence-electron chi connectivity index (χ4n) is 2.88. The Kier molecular flexibility index (Phi) is 6.02. The molecular formula is C17H27NO2. The molecule has 0 fully saturated rings. The second kappa shape index (κ2) is 7.77. The highest BCUT2D eigenvalue weighted by Gasteiger charge is 2.12. The first-order valence-electron chi connectivity index (χ1n) is 7.73. The van der Waals surface area contributed by atoms with E-state index in [1.807, 2.05) is 0 Å². The topological polar surface area (TPSA) is 41.5 Å². The zero-order chi connectivity index (χ0) is 14.4. The largest absolute Gasteiger partial charge is 0.391 e. The summed E-state index contributed by atoms with van der Waals surface area (Å²) in [6.45, 7) is 3.41. The molecule has 2 N–H and O–H groups in total. The molecule has 0 heterocycles. The van der Waals surface area contributed by atoms with E-state index < -0.39 is 0 Å². The number of hydrogen-bond acceptors (Lipinski definition) is 3. The van der Waals surface area contributed by atoms with Gasteiger partial charge in [-0.15, -0.1) is 0 Å². The minimum atomic E-state index is -0.372. The highest BCUT2D eigenvalue weighted by molar-refractivity contribution is 5.35. The summed E-state index contributed by atoms with van der Waals surface area (Å²) in [4.78, 5) is 0. The van der Waals surface area contributed by atoms with Gasteiger partial charge in [0, 0.05) is 13.2 Å². The Balaban J connectivity index is 1.84. The predicted octanol–water partition coefficient (Wildman–Crippen LogP) is 2.61. The number of rotatable bonds is 7. The van der Waals surface area contributed by atoms with E-state index in [9.17, 15) is 5.11 Å². The van der Waals surface area contributed by atoms with E-state index in [4.69, 9.17) is 4.74 Å². The van der Waals surface area contributed by atoms with Crippen LogP contribution in [0.15, 0.2) is 18.2 Å². The van der Waals surface area contributed by atoms with Crippen LogP contribution in [0.25, 0.3) is 0 Å². The van der Waals surface area contributed by atoms with Gasteiger partial charge in [0.05, 0.1) is 12.7 Å². The first kappa shape index (κ1) is 15.5. The van der Waals surface area contributed by atoms with E-state index >= 15 is 0 Å². The van der Waals surface area contributed by atoms with Gasteiger partial charge in [-0.25, -0.2) is 0 Å². The molecular weight excluding hydrogens is 250 g/mol. The van der Waals surface area contributed by atoms with Gasteiger partial charge in [0.15, 0.2) is 0 Å². The molecule has 2 rings (SSSR count). The Morgan fingerprint density at radius 2 is 2.00 bits per heavy atom. The summed E-state index contributed by atoms with van der Waals surface area (Å²) in [5, 5.41) is 13.1. The lowest BCUT2D eigenvalue weighted by atomic mass is 9.89. The van der Waals surface area contributed by atoms with Crippen LogP contribution in [0, 0.1) is 0 Å². The average molecular weight is 277 g/mol. The van der Waals surface area contributed by atoms with E-state index in [0.29, 0.717) is 12.6 Å². The van der Waals surface area contributed by atoms with Crippen LogP contribution in [0.3, 0.4) is 0 Å². The molecule has 2 unspecified atom stereocenters. The SMILES string of the molecule is COCC(O)CCNC(C)c1ccc2c(c1)CCCC2. The minimum absolute atomic E-state index is 0.331. The molecule has 1 aliphatic rings. The molecule has 0 aliphatic heterocycles. The number of fused-ring (bicyclic) bond motifs is 1. The van der Waals surface area contributed by atoms with Crippen LogP contribution >= 0.6 is 0 Å². The van der Waals surface area contributed by atoms with Crippen LogP contribution in [0.4, 0.5) is 0 Å². The number of aryl methyl sites for hydroxylation is 2. The van der Waals surface area contributed by atoms with Crippen molar-refractivity contribution in [3.05, 3.63) is 34.9 Å². The Labute approximate surface area is 122 Å². The highest BCUT2D eigenvalue weighted by Crippen LogP contribution is 2.24. The predicted molar refractivity (Wildman–Crippen MR) is 82.0 cm³/mol. The van der Waals surface area contributed by atoms with Crippen LogP contribution in [0.5, 0.6) is 0 Å². The first-order valence-corrected chi connectivity index (χ1v) is 7.73. The van der Waals surface area contributed by atoms with Gasteiger partial charge in [0.1, 0.15) is 0 Å². The van der Waals surface area contributed by atoms with E-state index in [2.05, 4.69) is 30.4 Å². The third-order valence-electron chi connectivity index (χ3n) is 4.16. The Morgan fingerprint density at radius 3 is 2.75 bits per heavy atom. The molecule has 0 amide bonds. The number of benzene rings is 1. The standard InChI is InChI=1S/C17H27NO2/c1-13(18-10-9-17(19)12-20-2)15-8-7-14-5-3-4-6-16(14)11-15/h7-8,11,13,17-19H,3-6,9-10,12H2,1-2H3. The summed E-state index contributed by atoms with van der Waals surface area (Å²) in [7, 11) is 1.62. The third-order valence-corrected chi connectivity index (χ3v) is 4.16.